The van der Waals surface area contributed by atoms with Crippen molar-refractivity contribution in [3.8, 4) is 6.07 Å². The molecule has 8 heteroatoms. The molecule has 0 saturated heterocycles. The summed E-state index contributed by atoms with van der Waals surface area (Å²) in [5.41, 5.74) is 7.98. The standard InChI is InChI=1S/C17H17N5O2S/c18-8-13-12-6-7-22(9-11-4-2-1-3-5-11)10-14(12)25-17(13)20-16(23)15(19)21-24/h1-5,24H,6-7,9-10H2,(H2,19,21)(H,20,23). The van der Waals surface area contributed by atoms with Crippen LogP contribution >= 0.6 is 11.3 Å². The second kappa shape index (κ2) is 7.34. The third kappa shape index (κ3) is 3.63. The van der Waals surface area contributed by atoms with E-state index in [1.807, 2.05) is 18.2 Å². The van der Waals surface area contributed by atoms with E-state index in [1.165, 1.54) is 16.9 Å². The minimum Gasteiger partial charge on any atom is -0.409 e. The van der Waals surface area contributed by atoms with Crippen molar-refractivity contribution in [2.45, 2.75) is 19.5 Å². The largest absolute Gasteiger partial charge is 0.409 e. The lowest BCUT2D eigenvalue weighted by molar-refractivity contribution is -0.110. The number of rotatable bonds is 3. The lowest BCUT2D eigenvalue weighted by Gasteiger charge is -2.26. The molecule has 0 aliphatic carbocycles. The number of nitrogens with zero attached hydrogens (tertiary/aromatic N) is 3. The summed E-state index contributed by atoms with van der Waals surface area (Å²) in [5, 5.41) is 23.7. The van der Waals surface area contributed by atoms with Gasteiger partial charge in [0, 0.05) is 24.5 Å². The molecule has 4 N–H and O–H groups in total. The monoisotopic (exact) mass is 355 g/mol. The number of nitrogens with two attached hydrogens (primary N) is 1. The molecule has 1 aromatic heterocycles. The number of nitriles is 1. The predicted molar refractivity (Wildman–Crippen MR) is 95.3 cm³/mol. The Morgan fingerprint density at radius 1 is 1.44 bits per heavy atom. The van der Waals surface area contributed by atoms with Crippen molar-refractivity contribution in [1.29, 1.82) is 5.26 Å². The summed E-state index contributed by atoms with van der Waals surface area (Å²) in [7, 11) is 0. The van der Waals surface area contributed by atoms with Gasteiger partial charge in [-0.2, -0.15) is 5.26 Å². The van der Waals surface area contributed by atoms with Crippen molar-refractivity contribution in [2.24, 2.45) is 10.9 Å². The number of oxime groups is 1. The van der Waals surface area contributed by atoms with Crippen LogP contribution in [0.25, 0.3) is 0 Å². The normalized spacial score (nSPS) is 14.6. The van der Waals surface area contributed by atoms with Gasteiger partial charge in [-0.15, -0.1) is 11.3 Å². The van der Waals surface area contributed by atoms with Crippen LogP contribution in [0, 0.1) is 11.3 Å². The molecule has 0 saturated carbocycles. The van der Waals surface area contributed by atoms with E-state index in [9.17, 15) is 10.1 Å². The maximum absolute atomic E-state index is 11.8. The van der Waals surface area contributed by atoms with Crippen LogP contribution in [0.5, 0.6) is 0 Å². The summed E-state index contributed by atoms with van der Waals surface area (Å²) in [6, 6.07) is 12.4. The van der Waals surface area contributed by atoms with E-state index in [0.717, 1.165) is 36.5 Å². The molecule has 2 aromatic rings. The van der Waals surface area contributed by atoms with Crippen molar-refractivity contribution in [3.05, 3.63) is 51.9 Å². The Morgan fingerprint density at radius 3 is 2.88 bits per heavy atom. The number of thiophene rings is 1. The van der Waals surface area contributed by atoms with Crippen LogP contribution in [0.15, 0.2) is 35.5 Å². The van der Waals surface area contributed by atoms with E-state index in [0.29, 0.717) is 10.6 Å². The number of amidine groups is 1. The Bertz CT molecular complexity index is 854. The van der Waals surface area contributed by atoms with Crippen molar-refractivity contribution in [1.82, 2.24) is 4.90 Å². The van der Waals surface area contributed by atoms with Gasteiger partial charge >= 0.3 is 0 Å². The molecular weight excluding hydrogens is 338 g/mol. The van der Waals surface area contributed by atoms with E-state index >= 15 is 0 Å². The minimum absolute atomic E-state index is 0.450. The third-order valence-electron chi connectivity index (χ3n) is 4.06. The van der Waals surface area contributed by atoms with Crippen LogP contribution in [0.1, 0.15) is 21.6 Å². The number of amides is 1. The average molecular weight is 355 g/mol. The number of hydrogen-bond donors (Lipinski definition) is 3. The summed E-state index contributed by atoms with van der Waals surface area (Å²) in [4.78, 5) is 15.2. The van der Waals surface area contributed by atoms with Gasteiger partial charge < -0.3 is 16.3 Å². The van der Waals surface area contributed by atoms with E-state index < -0.39 is 11.7 Å². The maximum atomic E-state index is 11.8. The molecule has 1 aromatic carbocycles. The number of nitrogens with one attached hydrogen (secondary N) is 1. The van der Waals surface area contributed by atoms with Crippen LogP contribution in [-0.4, -0.2) is 28.4 Å². The van der Waals surface area contributed by atoms with Gasteiger partial charge in [-0.1, -0.05) is 35.5 Å². The Balaban J connectivity index is 1.79. The van der Waals surface area contributed by atoms with Crippen LogP contribution in [0.2, 0.25) is 0 Å². The number of benzene rings is 1. The van der Waals surface area contributed by atoms with E-state index in [1.54, 1.807) is 0 Å². The van der Waals surface area contributed by atoms with Gasteiger partial charge in [0.25, 0.3) is 5.91 Å². The molecule has 7 nitrogen and oxygen atoms in total. The molecular formula is C17H17N5O2S. The molecule has 0 unspecified atom stereocenters. The first-order valence-electron chi connectivity index (χ1n) is 7.72. The summed E-state index contributed by atoms with van der Waals surface area (Å²) < 4.78 is 0. The lowest BCUT2D eigenvalue weighted by atomic mass is 10.0. The number of hydrogen-bond acceptors (Lipinski definition) is 6. The molecule has 1 aliphatic rings. The van der Waals surface area contributed by atoms with Gasteiger partial charge in [0.15, 0.2) is 0 Å². The smallest absolute Gasteiger partial charge is 0.294 e. The van der Waals surface area contributed by atoms with E-state index in [2.05, 4.69) is 33.6 Å². The second-order valence-corrected chi connectivity index (χ2v) is 6.81. The highest BCUT2D eigenvalue weighted by Gasteiger charge is 2.25. The molecule has 0 fully saturated rings. The summed E-state index contributed by atoms with van der Waals surface area (Å²) in [5.74, 6) is -1.26. The Labute approximate surface area is 149 Å². The van der Waals surface area contributed by atoms with Gasteiger partial charge in [-0.05, 0) is 17.5 Å². The van der Waals surface area contributed by atoms with Crippen LogP contribution < -0.4 is 11.1 Å². The zero-order chi connectivity index (χ0) is 17.8. The lowest BCUT2D eigenvalue weighted by Crippen LogP contribution is -2.30. The number of carbonyl (C=O) groups is 1. The fourth-order valence-corrected chi connectivity index (χ4v) is 4.09. The second-order valence-electron chi connectivity index (χ2n) is 5.71. The molecule has 1 amide bonds. The summed E-state index contributed by atoms with van der Waals surface area (Å²) >= 11 is 1.37. The topological polar surface area (TPSA) is 115 Å². The molecule has 0 spiro atoms. The van der Waals surface area contributed by atoms with Crippen molar-refractivity contribution in [2.75, 3.05) is 11.9 Å². The molecule has 0 radical (unpaired) electrons. The zero-order valence-electron chi connectivity index (χ0n) is 13.4. The van der Waals surface area contributed by atoms with Gasteiger partial charge in [0.2, 0.25) is 5.84 Å². The third-order valence-corrected chi connectivity index (χ3v) is 5.20. The molecule has 128 valence electrons. The Hall–Kier alpha value is -2.89. The van der Waals surface area contributed by atoms with Gasteiger partial charge in [-0.3, -0.25) is 9.69 Å². The molecule has 25 heavy (non-hydrogen) atoms. The van der Waals surface area contributed by atoms with Crippen molar-refractivity contribution >= 4 is 28.1 Å². The Kier molecular flexibility index (Phi) is 4.97. The van der Waals surface area contributed by atoms with Gasteiger partial charge in [-0.25, -0.2) is 0 Å². The summed E-state index contributed by atoms with van der Waals surface area (Å²) in [6.07, 6.45) is 0.751. The minimum atomic E-state index is -0.723. The number of carbonyl (C=O) groups excluding carboxylic acids is 1. The molecule has 1 aliphatic heterocycles. The zero-order valence-corrected chi connectivity index (χ0v) is 14.2. The van der Waals surface area contributed by atoms with E-state index in [-0.39, 0.29) is 0 Å². The van der Waals surface area contributed by atoms with Crippen molar-refractivity contribution < 1.29 is 10.0 Å². The molecule has 0 bridgehead atoms. The number of fused-ring (bicyclic) bond motifs is 1. The van der Waals surface area contributed by atoms with E-state index in [4.69, 9.17) is 10.9 Å². The van der Waals surface area contributed by atoms with Gasteiger partial charge in [0.1, 0.15) is 11.1 Å². The van der Waals surface area contributed by atoms with Crippen LogP contribution in [-0.2, 0) is 24.3 Å². The summed E-state index contributed by atoms with van der Waals surface area (Å²) in [6.45, 7) is 2.41. The van der Waals surface area contributed by atoms with Crippen LogP contribution in [0.3, 0.4) is 0 Å². The fourth-order valence-electron chi connectivity index (χ4n) is 2.85. The highest BCUT2D eigenvalue weighted by atomic mass is 32.1. The molecule has 3 rings (SSSR count). The first-order chi connectivity index (χ1) is 12.1. The first kappa shape index (κ1) is 17.0. The predicted octanol–water partition coefficient (Wildman–Crippen LogP) is 1.86. The average Bonchev–Trinajstić information content (AvgIpc) is 2.97. The van der Waals surface area contributed by atoms with Gasteiger partial charge in [0.05, 0.1) is 5.56 Å². The molecule has 0 atom stereocenters. The quantitative estimate of drug-likeness (QED) is 0.336. The first-order valence-corrected chi connectivity index (χ1v) is 8.53. The maximum Gasteiger partial charge on any atom is 0.294 e. The van der Waals surface area contributed by atoms with Crippen LogP contribution in [0.4, 0.5) is 5.00 Å². The highest BCUT2D eigenvalue weighted by Crippen LogP contribution is 2.36. The van der Waals surface area contributed by atoms with Crippen molar-refractivity contribution in [3.63, 3.8) is 0 Å². The highest BCUT2D eigenvalue weighted by molar-refractivity contribution is 7.16. The SMILES string of the molecule is N#Cc1c(NC(=O)/C(N)=N\O)sc2c1CCN(Cc1ccccc1)C2. The Morgan fingerprint density at radius 2 is 2.20 bits per heavy atom. The molecule has 2 heterocycles. The number of anilines is 1. The fraction of sp³-hybridized carbons (Fsp3) is 0.235.